The number of halogens is 1. The van der Waals surface area contributed by atoms with Crippen LogP contribution in [0.4, 0.5) is 0 Å². The van der Waals surface area contributed by atoms with E-state index in [9.17, 15) is 8.42 Å². The summed E-state index contributed by atoms with van der Waals surface area (Å²) in [6, 6.07) is 16.0. The first-order valence-electron chi connectivity index (χ1n) is 6.63. The third-order valence-corrected chi connectivity index (χ3v) is 4.89. The van der Waals surface area contributed by atoms with E-state index in [0.717, 1.165) is 16.3 Å². The Bertz CT molecular complexity index is 926. The molecule has 0 saturated heterocycles. The molecule has 0 atom stereocenters. The molecule has 0 bridgehead atoms. The largest absolute Gasteiger partial charge is 0.245 e. The molecule has 1 aromatic heterocycles. The van der Waals surface area contributed by atoms with Gasteiger partial charge in [0.2, 0.25) is 10.0 Å². The number of hydrogen-bond acceptors (Lipinski definition) is 3. The smallest absolute Gasteiger partial charge is 0.240 e. The maximum Gasteiger partial charge on any atom is 0.240 e. The molecule has 22 heavy (non-hydrogen) atoms. The van der Waals surface area contributed by atoms with E-state index < -0.39 is 10.0 Å². The molecule has 112 valence electrons. The van der Waals surface area contributed by atoms with E-state index in [1.807, 2.05) is 24.3 Å². The standard InChI is InChI=1S/C16H13ClN2O2S/c17-16-9-12(7-8-18-16)11-19-22(20,21)15-6-5-13-3-1-2-4-14(13)10-15/h1-10,19H,11H2. The number of hydrogen-bond donors (Lipinski definition) is 1. The van der Waals surface area contributed by atoms with E-state index in [0.29, 0.717) is 5.15 Å². The maximum absolute atomic E-state index is 12.4. The zero-order valence-electron chi connectivity index (χ0n) is 11.5. The summed E-state index contributed by atoms with van der Waals surface area (Å²) in [6.07, 6.45) is 1.54. The van der Waals surface area contributed by atoms with Gasteiger partial charge in [-0.1, -0.05) is 41.9 Å². The minimum Gasteiger partial charge on any atom is -0.245 e. The lowest BCUT2D eigenvalue weighted by Crippen LogP contribution is -2.23. The van der Waals surface area contributed by atoms with Gasteiger partial charge in [0, 0.05) is 12.7 Å². The molecule has 0 aliphatic carbocycles. The van der Waals surface area contributed by atoms with E-state index >= 15 is 0 Å². The van der Waals surface area contributed by atoms with E-state index in [4.69, 9.17) is 11.6 Å². The Morgan fingerprint density at radius 3 is 2.55 bits per heavy atom. The van der Waals surface area contributed by atoms with E-state index in [2.05, 4.69) is 9.71 Å². The first kappa shape index (κ1) is 15.0. The fourth-order valence-corrected chi connectivity index (χ4v) is 3.40. The Labute approximate surface area is 133 Å². The molecule has 0 saturated carbocycles. The van der Waals surface area contributed by atoms with Crippen molar-refractivity contribution >= 4 is 32.4 Å². The summed E-state index contributed by atoms with van der Waals surface area (Å²) in [4.78, 5) is 4.11. The van der Waals surface area contributed by atoms with Crippen molar-refractivity contribution in [3.63, 3.8) is 0 Å². The molecule has 6 heteroatoms. The van der Waals surface area contributed by atoms with Crippen LogP contribution in [0.3, 0.4) is 0 Å². The molecule has 0 aliphatic rings. The highest BCUT2D eigenvalue weighted by Gasteiger charge is 2.14. The van der Waals surface area contributed by atoms with Gasteiger partial charge in [-0.2, -0.15) is 0 Å². The van der Waals surface area contributed by atoms with Crippen molar-refractivity contribution in [1.82, 2.24) is 9.71 Å². The van der Waals surface area contributed by atoms with Crippen molar-refractivity contribution in [2.24, 2.45) is 0 Å². The van der Waals surface area contributed by atoms with Crippen LogP contribution in [0, 0.1) is 0 Å². The van der Waals surface area contributed by atoms with Crippen LogP contribution >= 0.6 is 11.6 Å². The van der Waals surface area contributed by atoms with E-state index in [1.165, 1.54) is 0 Å². The molecule has 0 aliphatic heterocycles. The number of nitrogens with zero attached hydrogens (tertiary/aromatic N) is 1. The maximum atomic E-state index is 12.4. The van der Waals surface area contributed by atoms with Gasteiger partial charge in [0.1, 0.15) is 5.15 Å². The number of sulfonamides is 1. The van der Waals surface area contributed by atoms with Gasteiger partial charge in [0.25, 0.3) is 0 Å². The summed E-state index contributed by atoms with van der Waals surface area (Å²) < 4.78 is 27.3. The van der Waals surface area contributed by atoms with Crippen LogP contribution in [0.25, 0.3) is 10.8 Å². The van der Waals surface area contributed by atoms with Crippen LogP contribution in [0.1, 0.15) is 5.56 Å². The second kappa shape index (κ2) is 6.04. The summed E-state index contributed by atoms with van der Waals surface area (Å²) in [6.45, 7) is 0.164. The minimum atomic E-state index is -3.58. The molecule has 3 rings (SSSR count). The normalized spacial score (nSPS) is 11.7. The predicted octanol–water partition coefficient (Wildman–Crippen LogP) is 3.37. The summed E-state index contributed by atoms with van der Waals surface area (Å²) in [5.41, 5.74) is 0.754. The first-order chi connectivity index (χ1) is 10.5. The zero-order valence-corrected chi connectivity index (χ0v) is 13.1. The second-order valence-electron chi connectivity index (χ2n) is 4.82. The van der Waals surface area contributed by atoms with E-state index in [-0.39, 0.29) is 11.4 Å². The Kier molecular flexibility index (Phi) is 4.11. The lowest BCUT2D eigenvalue weighted by Gasteiger charge is -2.08. The van der Waals surface area contributed by atoms with Crippen molar-refractivity contribution < 1.29 is 8.42 Å². The number of rotatable bonds is 4. The molecule has 1 N–H and O–H groups in total. The van der Waals surface area contributed by atoms with Crippen LogP contribution in [-0.2, 0) is 16.6 Å². The molecular formula is C16H13ClN2O2S. The summed E-state index contributed by atoms with van der Waals surface area (Å²) in [5.74, 6) is 0. The summed E-state index contributed by atoms with van der Waals surface area (Å²) >= 11 is 5.79. The second-order valence-corrected chi connectivity index (χ2v) is 6.97. The number of nitrogens with one attached hydrogen (secondary N) is 1. The molecule has 3 aromatic rings. The number of fused-ring (bicyclic) bond motifs is 1. The molecule has 1 heterocycles. The Morgan fingerprint density at radius 2 is 1.77 bits per heavy atom. The highest BCUT2D eigenvalue weighted by molar-refractivity contribution is 7.89. The summed E-state index contributed by atoms with van der Waals surface area (Å²) in [5, 5.41) is 2.22. The Morgan fingerprint density at radius 1 is 1.00 bits per heavy atom. The monoisotopic (exact) mass is 332 g/mol. The van der Waals surface area contributed by atoms with Gasteiger partial charge in [0.05, 0.1) is 4.90 Å². The van der Waals surface area contributed by atoms with Crippen LogP contribution in [0.2, 0.25) is 5.15 Å². The summed E-state index contributed by atoms with van der Waals surface area (Å²) in [7, 11) is -3.58. The first-order valence-corrected chi connectivity index (χ1v) is 8.50. The van der Waals surface area contributed by atoms with Crippen molar-refractivity contribution in [2.75, 3.05) is 0 Å². The molecule has 4 nitrogen and oxygen atoms in total. The molecule has 0 radical (unpaired) electrons. The molecular weight excluding hydrogens is 320 g/mol. The number of pyridine rings is 1. The third-order valence-electron chi connectivity index (χ3n) is 3.29. The highest BCUT2D eigenvalue weighted by atomic mass is 35.5. The predicted molar refractivity (Wildman–Crippen MR) is 87.2 cm³/mol. The zero-order chi connectivity index (χ0) is 15.6. The van der Waals surface area contributed by atoms with Crippen LogP contribution in [-0.4, -0.2) is 13.4 Å². The quantitative estimate of drug-likeness (QED) is 0.745. The van der Waals surface area contributed by atoms with Gasteiger partial charge in [-0.3, -0.25) is 0 Å². The highest BCUT2D eigenvalue weighted by Crippen LogP contribution is 2.19. The molecule has 0 unspecified atom stereocenters. The SMILES string of the molecule is O=S(=O)(NCc1ccnc(Cl)c1)c1ccc2ccccc2c1. The molecule has 0 fully saturated rings. The van der Waals surface area contributed by atoms with Crippen LogP contribution in [0.5, 0.6) is 0 Å². The average molecular weight is 333 g/mol. The minimum absolute atomic E-state index is 0.164. The average Bonchev–Trinajstić information content (AvgIpc) is 2.53. The fourth-order valence-electron chi connectivity index (χ4n) is 2.15. The number of benzene rings is 2. The van der Waals surface area contributed by atoms with Gasteiger partial charge in [-0.25, -0.2) is 18.1 Å². The topological polar surface area (TPSA) is 59.1 Å². The van der Waals surface area contributed by atoms with Crippen molar-refractivity contribution in [3.8, 4) is 0 Å². The van der Waals surface area contributed by atoms with E-state index in [1.54, 1.807) is 36.5 Å². The van der Waals surface area contributed by atoms with Gasteiger partial charge in [-0.05, 0) is 40.6 Å². The van der Waals surface area contributed by atoms with Crippen LogP contribution in [0.15, 0.2) is 65.7 Å². The number of aromatic nitrogens is 1. The van der Waals surface area contributed by atoms with Gasteiger partial charge < -0.3 is 0 Å². The lowest BCUT2D eigenvalue weighted by atomic mass is 10.1. The van der Waals surface area contributed by atoms with Crippen molar-refractivity contribution in [1.29, 1.82) is 0 Å². The third kappa shape index (κ3) is 3.27. The molecule has 0 amide bonds. The molecule has 2 aromatic carbocycles. The Balaban J connectivity index is 1.85. The fraction of sp³-hybridized carbons (Fsp3) is 0.0625. The van der Waals surface area contributed by atoms with Gasteiger partial charge >= 0.3 is 0 Å². The Hall–Kier alpha value is -1.95. The van der Waals surface area contributed by atoms with Gasteiger partial charge in [-0.15, -0.1) is 0 Å². The lowest BCUT2D eigenvalue weighted by molar-refractivity contribution is 0.581. The van der Waals surface area contributed by atoms with Crippen LogP contribution < -0.4 is 4.72 Å². The van der Waals surface area contributed by atoms with Crippen molar-refractivity contribution in [2.45, 2.75) is 11.4 Å². The van der Waals surface area contributed by atoms with Gasteiger partial charge in [0.15, 0.2) is 0 Å². The molecule has 0 spiro atoms. The van der Waals surface area contributed by atoms with Crippen molar-refractivity contribution in [3.05, 3.63) is 71.5 Å².